The van der Waals surface area contributed by atoms with Crippen LogP contribution in [0.15, 0.2) is 18.2 Å². The predicted octanol–water partition coefficient (Wildman–Crippen LogP) is 2.88. The van der Waals surface area contributed by atoms with Crippen molar-refractivity contribution in [3.8, 4) is 0 Å². The van der Waals surface area contributed by atoms with Crippen molar-refractivity contribution in [3.05, 3.63) is 29.6 Å². The fourth-order valence-corrected chi connectivity index (χ4v) is 2.34. The van der Waals surface area contributed by atoms with Gasteiger partial charge in [0.2, 0.25) is 5.91 Å². The Morgan fingerprint density at radius 3 is 2.84 bits per heavy atom. The fraction of sp³-hybridized carbons (Fsp3) is 0.500. The fourth-order valence-electron chi connectivity index (χ4n) is 2.34. The molecular formula is C14H20ClFN2O. The molecule has 1 saturated heterocycles. The van der Waals surface area contributed by atoms with E-state index in [-0.39, 0.29) is 30.0 Å². The molecule has 2 rings (SSSR count). The number of aryl methyl sites for hydroxylation is 1. The highest BCUT2D eigenvalue weighted by Gasteiger charge is 2.24. The van der Waals surface area contributed by atoms with Crippen LogP contribution < -0.4 is 10.6 Å². The van der Waals surface area contributed by atoms with E-state index < -0.39 is 0 Å². The van der Waals surface area contributed by atoms with Crippen LogP contribution >= 0.6 is 12.4 Å². The van der Waals surface area contributed by atoms with Gasteiger partial charge >= 0.3 is 0 Å². The van der Waals surface area contributed by atoms with Gasteiger partial charge in [-0.1, -0.05) is 0 Å². The molecule has 1 amide bonds. The molecule has 1 heterocycles. The maximum atomic E-state index is 13.1. The average molecular weight is 287 g/mol. The Kier molecular flexibility index (Phi) is 5.76. The lowest BCUT2D eigenvalue weighted by Gasteiger charge is -2.27. The first-order valence-electron chi connectivity index (χ1n) is 6.36. The van der Waals surface area contributed by atoms with E-state index in [1.54, 1.807) is 19.1 Å². The number of hydrogen-bond donors (Lipinski definition) is 2. The highest BCUT2D eigenvalue weighted by Crippen LogP contribution is 2.19. The second-order valence-corrected chi connectivity index (χ2v) is 5.03. The third kappa shape index (κ3) is 4.18. The van der Waals surface area contributed by atoms with Crippen molar-refractivity contribution in [1.29, 1.82) is 0 Å². The third-order valence-electron chi connectivity index (χ3n) is 3.42. The van der Waals surface area contributed by atoms with E-state index in [0.717, 1.165) is 19.4 Å². The van der Waals surface area contributed by atoms with Crippen LogP contribution in [0.25, 0.3) is 0 Å². The van der Waals surface area contributed by atoms with Crippen molar-refractivity contribution in [2.24, 2.45) is 5.92 Å². The molecule has 0 saturated carbocycles. The van der Waals surface area contributed by atoms with E-state index in [0.29, 0.717) is 17.3 Å². The van der Waals surface area contributed by atoms with Gasteiger partial charge in [-0.05, 0) is 57.0 Å². The van der Waals surface area contributed by atoms with Gasteiger partial charge in [0.05, 0.1) is 0 Å². The second kappa shape index (κ2) is 6.87. The Balaban J connectivity index is 0.00000180. The third-order valence-corrected chi connectivity index (χ3v) is 3.42. The van der Waals surface area contributed by atoms with Crippen molar-refractivity contribution in [3.63, 3.8) is 0 Å². The van der Waals surface area contributed by atoms with Gasteiger partial charge in [0.15, 0.2) is 0 Å². The number of hydrogen-bond acceptors (Lipinski definition) is 2. The zero-order valence-electron chi connectivity index (χ0n) is 11.2. The monoisotopic (exact) mass is 286 g/mol. The van der Waals surface area contributed by atoms with Gasteiger partial charge in [-0.3, -0.25) is 4.79 Å². The second-order valence-electron chi connectivity index (χ2n) is 5.03. The molecule has 1 aliphatic heterocycles. The lowest BCUT2D eigenvalue weighted by molar-refractivity contribution is -0.120. The predicted molar refractivity (Wildman–Crippen MR) is 77.2 cm³/mol. The van der Waals surface area contributed by atoms with Crippen molar-refractivity contribution >= 4 is 24.0 Å². The molecule has 19 heavy (non-hydrogen) atoms. The Bertz CT molecular complexity index is 453. The number of amides is 1. The Hall–Kier alpha value is -1.13. The number of carbonyl (C=O) groups is 1. The SMILES string of the molecule is Cc1cc(NC(=O)[C@H]2CCN[C@@H](C)C2)ccc1F.Cl. The zero-order valence-corrected chi connectivity index (χ0v) is 12.0. The van der Waals surface area contributed by atoms with E-state index in [4.69, 9.17) is 0 Å². The molecule has 106 valence electrons. The quantitative estimate of drug-likeness (QED) is 0.878. The van der Waals surface area contributed by atoms with Crippen LogP contribution in [-0.4, -0.2) is 18.5 Å². The Morgan fingerprint density at radius 2 is 2.21 bits per heavy atom. The molecule has 1 aromatic carbocycles. The summed E-state index contributed by atoms with van der Waals surface area (Å²) in [7, 11) is 0. The summed E-state index contributed by atoms with van der Waals surface area (Å²) in [6.07, 6.45) is 1.71. The van der Waals surface area contributed by atoms with Gasteiger partial charge in [0.1, 0.15) is 5.82 Å². The number of halogens is 2. The van der Waals surface area contributed by atoms with E-state index in [1.165, 1.54) is 6.07 Å². The smallest absolute Gasteiger partial charge is 0.227 e. The van der Waals surface area contributed by atoms with Crippen LogP contribution in [-0.2, 0) is 4.79 Å². The van der Waals surface area contributed by atoms with Gasteiger partial charge in [-0.2, -0.15) is 0 Å². The van der Waals surface area contributed by atoms with Crippen LogP contribution in [0.3, 0.4) is 0 Å². The molecule has 0 aromatic heterocycles. The van der Waals surface area contributed by atoms with Gasteiger partial charge in [0.25, 0.3) is 0 Å². The minimum absolute atomic E-state index is 0. The summed E-state index contributed by atoms with van der Waals surface area (Å²) < 4.78 is 13.1. The first-order valence-corrected chi connectivity index (χ1v) is 6.36. The number of benzene rings is 1. The number of nitrogens with one attached hydrogen (secondary N) is 2. The van der Waals surface area contributed by atoms with Gasteiger partial charge < -0.3 is 10.6 Å². The maximum Gasteiger partial charge on any atom is 0.227 e. The van der Waals surface area contributed by atoms with Crippen LogP contribution in [0.5, 0.6) is 0 Å². The summed E-state index contributed by atoms with van der Waals surface area (Å²) in [5, 5.41) is 6.18. The molecule has 0 unspecified atom stereocenters. The lowest BCUT2D eigenvalue weighted by atomic mass is 9.92. The summed E-state index contributed by atoms with van der Waals surface area (Å²) in [5.41, 5.74) is 1.22. The molecule has 5 heteroatoms. The molecule has 3 nitrogen and oxygen atoms in total. The summed E-state index contributed by atoms with van der Waals surface area (Å²) in [4.78, 5) is 12.1. The number of carbonyl (C=O) groups excluding carboxylic acids is 1. The maximum absolute atomic E-state index is 13.1. The van der Waals surface area contributed by atoms with Crippen LogP contribution in [0.4, 0.5) is 10.1 Å². The number of rotatable bonds is 2. The molecule has 1 aliphatic rings. The topological polar surface area (TPSA) is 41.1 Å². The number of anilines is 1. The van der Waals surface area contributed by atoms with Gasteiger partial charge in [0, 0.05) is 17.6 Å². The molecular weight excluding hydrogens is 267 g/mol. The first-order chi connectivity index (χ1) is 8.56. The van der Waals surface area contributed by atoms with Crippen molar-refractivity contribution in [2.75, 3.05) is 11.9 Å². The van der Waals surface area contributed by atoms with Crippen molar-refractivity contribution < 1.29 is 9.18 Å². The first kappa shape index (κ1) is 15.9. The van der Waals surface area contributed by atoms with Crippen LogP contribution in [0.2, 0.25) is 0 Å². The van der Waals surface area contributed by atoms with Gasteiger partial charge in [-0.15, -0.1) is 12.4 Å². The number of piperidine rings is 1. The highest BCUT2D eigenvalue weighted by atomic mass is 35.5. The van der Waals surface area contributed by atoms with Crippen molar-refractivity contribution in [1.82, 2.24) is 5.32 Å². The summed E-state index contributed by atoms with van der Waals surface area (Å²) in [5.74, 6) is -0.163. The zero-order chi connectivity index (χ0) is 13.1. The summed E-state index contributed by atoms with van der Waals surface area (Å²) in [6, 6.07) is 5.03. The average Bonchev–Trinajstić information content (AvgIpc) is 2.34. The summed E-state index contributed by atoms with van der Waals surface area (Å²) in [6.45, 7) is 4.65. The minimum Gasteiger partial charge on any atom is -0.326 e. The molecule has 2 N–H and O–H groups in total. The molecule has 0 radical (unpaired) electrons. The van der Waals surface area contributed by atoms with Crippen LogP contribution in [0.1, 0.15) is 25.3 Å². The Labute approximate surface area is 119 Å². The lowest BCUT2D eigenvalue weighted by Crippen LogP contribution is -2.40. The molecule has 0 spiro atoms. The standard InChI is InChI=1S/C14H19FN2O.ClH/c1-9-7-12(3-4-13(9)15)17-14(18)11-5-6-16-10(2)8-11;/h3-4,7,10-11,16H,5-6,8H2,1-2H3,(H,17,18);1H/t10-,11-;/m0./s1. The highest BCUT2D eigenvalue weighted by molar-refractivity contribution is 5.92. The molecule has 1 aromatic rings. The van der Waals surface area contributed by atoms with E-state index in [1.807, 2.05) is 0 Å². The molecule has 1 fully saturated rings. The largest absolute Gasteiger partial charge is 0.326 e. The minimum atomic E-state index is -0.247. The molecule has 2 atom stereocenters. The summed E-state index contributed by atoms with van der Waals surface area (Å²) >= 11 is 0. The normalized spacial score (nSPS) is 22.5. The van der Waals surface area contributed by atoms with E-state index in [9.17, 15) is 9.18 Å². The van der Waals surface area contributed by atoms with E-state index >= 15 is 0 Å². The Morgan fingerprint density at radius 1 is 1.47 bits per heavy atom. The van der Waals surface area contributed by atoms with E-state index in [2.05, 4.69) is 17.6 Å². The van der Waals surface area contributed by atoms with Gasteiger partial charge in [-0.25, -0.2) is 4.39 Å². The molecule has 0 aliphatic carbocycles. The molecule has 0 bridgehead atoms. The van der Waals surface area contributed by atoms with Crippen molar-refractivity contribution in [2.45, 2.75) is 32.7 Å². The van der Waals surface area contributed by atoms with Crippen LogP contribution in [0, 0.1) is 18.7 Å².